The van der Waals surface area contributed by atoms with Gasteiger partial charge in [-0.15, -0.1) is 24.0 Å². The number of nitrogens with one attached hydrogen (secondary N) is 2. The molecule has 1 aliphatic carbocycles. The quantitative estimate of drug-likeness (QED) is 0.320. The number of anilines is 1. The van der Waals surface area contributed by atoms with Crippen molar-refractivity contribution in [2.45, 2.75) is 30.9 Å². The molecule has 7 heteroatoms. The highest BCUT2D eigenvalue weighted by Crippen LogP contribution is 2.36. The number of guanidine groups is 1. The summed E-state index contributed by atoms with van der Waals surface area (Å²) < 4.78 is 5.50. The number of halogens is 1. The maximum absolute atomic E-state index is 11.1. The maximum Gasteiger partial charge on any atom is 0.191 e. The Bertz CT molecular complexity index is 891. The third-order valence-corrected chi connectivity index (χ3v) is 6.05. The topological polar surface area (TPSA) is 69.1 Å². The van der Waals surface area contributed by atoms with E-state index in [4.69, 9.17) is 4.74 Å². The Morgan fingerprint density at radius 2 is 2.00 bits per heavy atom. The summed E-state index contributed by atoms with van der Waals surface area (Å²) in [5, 5.41) is 18.0. The lowest BCUT2D eigenvalue weighted by Gasteiger charge is -2.27. The van der Waals surface area contributed by atoms with Crippen molar-refractivity contribution in [3.8, 4) is 5.75 Å². The van der Waals surface area contributed by atoms with E-state index in [-0.39, 0.29) is 30.0 Å². The van der Waals surface area contributed by atoms with Gasteiger partial charge in [0.25, 0.3) is 0 Å². The minimum atomic E-state index is -0.840. The molecule has 162 valence electrons. The zero-order valence-corrected chi connectivity index (χ0v) is 19.9. The van der Waals surface area contributed by atoms with E-state index in [1.165, 1.54) is 5.56 Å². The molecule has 6 nitrogen and oxygen atoms in total. The highest BCUT2D eigenvalue weighted by molar-refractivity contribution is 14.0. The Balaban J connectivity index is 0.00000256. The van der Waals surface area contributed by atoms with Crippen LogP contribution in [0.25, 0.3) is 0 Å². The molecule has 0 saturated carbocycles. The summed E-state index contributed by atoms with van der Waals surface area (Å²) in [5.41, 5.74) is 2.56. The van der Waals surface area contributed by atoms with Gasteiger partial charge in [0, 0.05) is 26.2 Å². The number of hydrogen-bond acceptors (Lipinski definition) is 4. The molecular formula is C23H31IN4O2. The standard InChI is InChI=1S/C23H30N4O2.HI/c1-24-22(25-16-23(28)13-11-17-7-3-4-8-19(17)23)26-18-12-14-27(15-18)20-9-5-6-10-21(20)29-2;/h3-10,18,28H,11-16H2,1-2H3,(H2,24,25,26);1H. The van der Waals surface area contributed by atoms with Crippen LogP contribution < -0.4 is 20.3 Å². The summed E-state index contributed by atoms with van der Waals surface area (Å²) in [7, 11) is 3.48. The first-order valence-electron chi connectivity index (χ1n) is 10.3. The van der Waals surface area contributed by atoms with Crippen LogP contribution in [0.15, 0.2) is 53.5 Å². The lowest BCUT2D eigenvalue weighted by Crippen LogP contribution is -2.48. The Kier molecular flexibility index (Phi) is 7.46. The molecular weight excluding hydrogens is 491 g/mol. The number of ether oxygens (including phenoxy) is 1. The van der Waals surface area contributed by atoms with Gasteiger partial charge in [-0.25, -0.2) is 0 Å². The van der Waals surface area contributed by atoms with Crippen LogP contribution in [0.3, 0.4) is 0 Å². The Morgan fingerprint density at radius 3 is 2.80 bits per heavy atom. The first-order chi connectivity index (χ1) is 14.1. The van der Waals surface area contributed by atoms with Crippen LogP contribution in [0.5, 0.6) is 5.75 Å². The van der Waals surface area contributed by atoms with Gasteiger partial charge in [0.2, 0.25) is 0 Å². The van der Waals surface area contributed by atoms with Crippen LogP contribution in [0.1, 0.15) is 24.0 Å². The monoisotopic (exact) mass is 522 g/mol. The fraction of sp³-hybridized carbons (Fsp3) is 0.435. The molecule has 2 unspecified atom stereocenters. The molecule has 1 saturated heterocycles. The molecule has 2 atom stereocenters. The highest BCUT2D eigenvalue weighted by Gasteiger charge is 2.36. The molecule has 1 heterocycles. The molecule has 0 aromatic heterocycles. The largest absolute Gasteiger partial charge is 0.495 e. The minimum Gasteiger partial charge on any atom is -0.495 e. The van der Waals surface area contributed by atoms with Crippen molar-refractivity contribution in [1.29, 1.82) is 0 Å². The van der Waals surface area contributed by atoms with Crippen molar-refractivity contribution in [3.63, 3.8) is 0 Å². The van der Waals surface area contributed by atoms with Gasteiger partial charge in [-0.2, -0.15) is 0 Å². The Hall–Kier alpha value is -2.00. The summed E-state index contributed by atoms with van der Waals surface area (Å²) in [6.45, 7) is 2.30. The number of hydrogen-bond donors (Lipinski definition) is 3. The number of aliphatic imine (C=N–C) groups is 1. The van der Waals surface area contributed by atoms with Crippen molar-refractivity contribution >= 4 is 35.6 Å². The van der Waals surface area contributed by atoms with E-state index in [1.54, 1.807) is 14.2 Å². The Morgan fingerprint density at radius 1 is 1.23 bits per heavy atom. The molecule has 3 N–H and O–H groups in total. The van der Waals surface area contributed by atoms with Crippen LogP contribution in [0, 0.1) is 0 Å². The lowest BCUT2D eigenvalue weighted by atomic mass is 9.96. The number of aryl methyl sites for hydroxylation is 1. The molecule has 1 aliphatic heterocycles. The van der Waals surface area contributed by atoms with Gasteiger partial charge in [0.05, 0.1) is 19.3 Å². The number of rotatable bonds is 5. The SMILES string of the molecule is CN=C(NCC1(O)CCc2ccccc21)NC1CCN(c2ccccc2OC)C1.I. The smallest absolute Gasteiger partial charge is 0.191 e. The minimum absolute atomic E-state index is 0. The lowest BCUT2D eigenvalue weighted by molar-refractivity contribution is 0.0431. The van der Waals surface area contributed by atoms with E-state index in [9.17, 15) is 5.11 Å². The average molecular weight is 522 g/mol. The van der Waals surface area contributed by atoms with E-state index >= 15 is 0 Å². The molecule has 0 spiro atoms. The van der Waals surface area contributed by atoms with Gasteiger partial charge in [-0.05, 0) is 42.5 Å². The summed E-state index contributed by atoms with van der Waals surface area (Å²) in [4.78, 5) is 6.71. The van der Waals surface area contributed by atoms with E-state index in [1.807, 2.05) is 36.4 Å². The summed E-state index contributed by atoms with van der Waals surface area (Å²) in [6.07, 6.45) is 2.67. The van der Waals surface area contributed by atoms with Crippen LogP contribution in [0.4, 0.5) is 5.69 Å². The number of nitrogens with zero attached hydrogens (tertiary/aromatic N) is 2. The first kappa shape index (κ1) is 22.7. The molecule has 0 bridgehead atoms. The van der Waals surface area contributed by atoms with Crippen LogP contribution in [0.2, 0.25) is 0 Å². The molecule has 2 aliphatic rings. The Labute approximate surface area is 195 Å². The second-order valence-electron chi connectivity index (χ2n) is 7.86. The van der Waals surface area contributed by atoms with Crippen molar-refractivity contribution in [3.05, 3.63) is 59.7 Å². The number of benzene rings is 2. The highest BCUT2D eigenvalue weighted by atomic mass is 127. The molecule has 2 aromatic rings. The first-order valence-corrected chi connectivity index (χ1v) is 10.3. The normalized spacial score (nSPS) is 23.0. The second kappa shape index (κ2) is 9.87. The third kappa shape index (κ3) is 4.67. The van der Waals surface area contributed by atoms with E-state index in [0.29, 0.717) is 6.54 Å². The molecule has 30 heavy (non-hydrogen) atoms. The van der Waals surface area contributed by atoms with Crippen LogP contribution in [-0.2, 0) is 12.0 Å². The maximum atomic E-state index is 11.1. The predicted molar refractivity (Wildman–Crippen MR) is 132 cm³/mol. The molecule has 1 fully saturated rings. The van der Waals surface area contributed by atoms with Gasteiger partial charge in [-0.1, -0.05) is 36.4 Å². The molecule has 0 radical (unpaired) electrons. The van der Waals surface area contributed by atoms with E-state index in [0.717, 1.165) is 55.3 Å². The fourth-order valence-electron chi connectivity index (χ4n) is 4.46. The molecule has 2 aromatic carbocycles. The van der Waals surface area contributed by atoms with Crippen LogP contribution in [-0.4, -0.2) is 50.9 Å². The second-order valence-corrected chi connectivity index (χ2v) is 7.86. The zero-order chi connectivity index (χ0) is 20.3. The molecule has 4 rings (SSSR count). The third-order valence-electron chi connectivity index (χ3n) is 6.05. The number of methoxy groups -OCH3 is 1. The summed E-state index contributed by atoms with van der Waals surface area (Å²) in [6, 6.07) is 16.6. The number of fused-ring (bicyclic) bond motifs is 1. The molecule has 0 amide bonds. The fourth-order valence-corrected chi connectivity index (χ4v) is 4.46. The van der Waals surface area contributed by atoms with Crippen molar-refractivity contribution in [1.82, 2.24) is 10.6 Å². The van der Waals surface area contributed by atoms with Gasteiger partial charge in [0.15, 0.2) is 5.96 Å². The van der Waals surface area contributed by atoms with Gasteiger partial charge >= 0.3 is 0 Å². The van der Waals surface area contributed by atoms with E-state index in [2.05, 4.69) is 32.7 Å². The van der Waals surface area contributed by atoms with Gasteiger partial charge in [0.1, 0.15) is 11.4 Å². The summed E-state index contributed by atoms with van der Waals surface area (Å²) in [5.74, 6) is 1.63. The van der Waals surface area contributed by atoms with Crippen molar-refractivity contribution in [2.24, 2.45) is 4.99 Å². The number of para-hydroxylation sites is 2. The summed E-state index contributed by atoms with van der Waals surface area (Å²) >= 11 is 0. The predicted octanol–water partition coefficient (Wildman–Crippen LogP) is 2.89. The van der Waals surface area contributed by atoms with E-state index < -0.39 is 5.60 Å². The van der Waals surface area contributed by atoms with Gasteiger partial charge in [-0.3, -0.25) is 4.99 Å². The zero-order valence-electron chi connectivity index (χ0n) is 17.6. The van der Waals surface area contributed by atoms with Gasteiger partial charge < -0.3 is 25.4 Å². The van der Waals surface area contributed by atoms with Crippen LogP contribution >= 0.6 is 24.0 Å². The van der Waals surface area contributed by atoms with Crippen molar-refractivity contribution in [2.75, 3.05) is 38.7 Å². The average Bonchev–Trinajstić information content (AvgIpc) is 3.36. The number of aliphatic hydroxyl groups is 1. The van der Waals surface area contributed by atoms with Crippen molar-refractivity contribution < 1.29 is 9.84 Å².